The Morgan fingerprint density at radius 2 is 1.71 bits per heavy atom. The molecule has 3 fully saturated rings. The summed E-state index contributed by atoms with van der Waals surface area (Å²) in [5.74, 6) is -0.429. The highest BCUT2D eigenvalue weighted by Crippen LogP contribution is 2.61. The van der Waals surface area contributed by atoms with E-state index in [1.807, 2.05) is 44.2 Å². The Hall–Kier alpha value is -2.47. The number of imide groups is 1. The van der Waals surface area contributed by atoms with Gasteiger partial charge >= 0.3 is 0 Å². The van der Waals surface area contributed by atoms with Crippen molar-refractivity contribution < 1.29 is 14.4 Å². The number of nitrogens with one attached hydrogen (secondary N) is 1. The van der Waals surface area contributed by atoms with Gasteiger partial charge in [0.05, 0.1) is 11.8 Å². The molecular formula is C25H25BrN2O3. The maximum absolute atomic E-state index is 13.2. The lowest BCUT2D eigenvalue weighted by molar-refractivity contribution is -0.143. The number of carbonyl (C=O) groups is 3. The fourth-order valence-electron chi connectivity index (χ4n) is 6.02. The van der Waals surface area contributed by atoms with Crippen LogP contribution in [0, 0.1) is 37.5 Å². The summed E-state index contributed by atoms with van der Waals surface area (Å²) in [6, 6.07) is 14.0. The molecule has 5 nitrogen and oxygen atoms in total. The largest absolute Gasteiger partial charge is 0.324 e. The number of amides is 3. The van der Waals surface area contributed by atoms with E-state index in [1.165, 1.54) is 10.5 Å². The van der Waals surface area contributed by atoms with Gasteiger partial charge in [0.2, 0.25) is 17.7 Å². The number of carbonyl (C=O) groups excluding carboxylic acids is 3. The average Bonchev–Trinajstić information content (AvgIpc) is 3.43. The minimum atomic E-state index is -0.335. The quantitative estimate of drug-likeness (QED) is 0.658. The van der Waals surface area contributed by atoms with E-state index >= 15 is 0 Å². The third-order valence-electron chi connectivity index (χ3n) is 7.63. The molecule has 5 rings (SSSR count). The normalized spacial score (nSPS) is 28.9. The Balaban J connectivity index is 1.32. The molecule has 1 aliphatic heterocycles. The molecule has 3 aliphatic rings. The van der Waals surface area contributed by atoms with E-state index < -0.39 is 0 Å². The van der Waals surface area contributed by atoms with Crippen LogP contribution in [0.25, 0.3) is 0 Å². The van der Waals surface area contributed by atoms with Crippen LogP contribution in [0.4, 0.5) is 5.69 Å². The molecule has 1 saturated heterocycles. The van der Waals surface area contributed by atoms with Crippen molar-refractivity contribution in [3.63, 3.8) is 0 Å². The highest BCUT2D eigenvalue weighted by Gasteiger charge is 2.63. The number of fused-ring (bicyclic) bond motifs is 5. The summed E-state index contributed by atoms with van der Waals surface area (Å²) in [4.78, 5) is 40.3. The Labute approximate surface area is 190 Å². The first kappa shape index (κ1) is 20.4. The summed E-state index contributed by atoms with van der Waals surface area (Å²) < 4.78 is 0.976. The minimum Gasteiger partial charge on any atom is -0.324 e. The van der Waals surface area contributed by atoms with Gasteiger partial charge < -0.3 is 5.32 Å². The third-order valence-corrected chi connectivity index (χ3v) is 8.49. The lowest BCUT2D eigenvalue weighted by Crippen LogP contribution is -2.39. The minimum absolute atomic E-state index is 0.159. The van der Waals surface area contributed by atoms with Crippen LogP contribution in [0.3, 0.4) is 0 Å². The van der Waals surface area contributed by atoms with E-state index in [4.69, 9.17) is 0 Å². The van der Waals surface area contributed by atoms with Crippen LogP contribution in [0.15, 0.2) is 46.9 Å². The Kier molecular flexibility index (Phi) is 5.00. The Morgan fingerprint density at radius 3 is 2.45 bits per heavy atom. The molecule has 5 atom stereocenters. The molecular weight excluding hydrogens is 456 g/mol. The van der Waals surface area contributed by atoms with Gasteiger partial charge in [-0.3, -0.25) is 19.3 Å². The number of rotatable bonds is 4. The smallest absolute Gasteiger partial charge is 0.244 e. The van der Waals surface area contributed by atoms with Gasteiger partial charge in [-0.2, -0.15) is 0 Å². The molecule has 31 heavy (non-hydrogen) atoms. The number of nitrogens with zero attached hydrogens (tertiary/aromatic N) is 1. The standard InChI is InChI=1S/C25H25BrN2O3/c1-13-14(2)20(9-8-19(13)26)27-21(29)12-28-24(30)22-16-10-17(15-6-4-3-5-7-15)18(11-16)23(22)25(28)31/h3-9,16-18,22-23H,10-12H2,1-2H3,(H,27,29)/t16-,17+,18+,22+,23-/m0/s1. The number of anilines is 1. The first-order chi connectivity index (χ1) is 14.9. The van der Waals surface area contributed by atoms with Gasteiger partial charge in [-0.05, 0) is 73.3 Å². The number of halogens is 1. The summed E-state index contributed by atoms with van der Waals surface area (Å²) in [6.45, 7) is 3.70. The second-order valence-electron chi connectivity index (χ2n) is 9.12. The lowest BCUT2D eigenvalue weighted by atomic mass is 9.73. The van der Waals surface area contributed by atoms with Crippen LogP contribution in [-0.2, 0) is 14.4 Å². The van der Waals surface area contributed by atoms with Gasteiger partial charge in [0, 0.05) is 10.2 Å². The van der Waals surface area contributed by atoms with Crippen LogP contribution in [0.5, 0.6) is 0 Å². The number of hydrogen-bond donors (Lipinski definition) is 1. The summed E-state index contributed by atoms with van der Waals surface area (Å²) in [5, 5.41) is 2.88. The van der Waals surface area contributed by atoms with Crippen molar-refractivity contribution in [2.75, 3.05) is 11.9 Å². The molecule has 160 valence electrons. The number of hydrogen-bond acceptors (Lipinski definition) is 3. The maximum Gasteiger partial charge on any atom is 0.244 e. The summed E-state index contributed by atoms with van der Waals surface area (Å²) in [6.07, 6.45) is 1.88. The molecule has 0 spiro atoms. The molecule has 2 aliphatic carbocycles. The molecule has 2 saturated carbocycles. The number of benzene rings is 2. The lowest BCUT2D eigenvalue weighted by Gasteiger charge is -2.28. The van der Waals surface area contributed by atoms with E-state index in [9.17, 15) is 14.4 Å². The van der Waals surface area contributed by atoms with E-state index in [0.717, 1.165) is 28.4 Å². The van der Waals surface area contributed by atoms with Gasteiger partial charge in [-0.25, -0.2) is 0 Å². The van der Waals surface area contributed by atoms with E-state index in [2.05, 4.69) is 33.4 Å². The van der Waals surface area contributed by atoms with E-state index in [1.54, 1.807) is 0 Å². The van der Waals surface area contributed by atoms with Crippen LogP contribution >= 0.6 is 15.9 Å². The fraction of sp³-hybridized carbons (Fsp3) is 0.400. The van der Waals surface area contributed by atoms with E-state index in [0.29, 0.717) is 11.6 Å². The summed E-state index contributed by atoms with van der Waals surface area (Å²) >= 11 is 3.49. The zero-order valence-electron chi connectivity index (χ0n) is 17.6. The van der Waals surface area contributed by atoms with Crippen molar-refractivity contribution in [3.8, 4) is 0 Å². The predicted octanol–water partition coefficient (Wildman–Crippen LogP) is 4.43. The maximum atomic E-state index is 13.2. The highest BCUT2D eigenvalue weighted by molar-refractivity contribution is 9.10. The predicted molar refractivity (Wildman–Crippen MR) is 121 cm³/mol. The molecule has 2 aromatic carbocycles. The Morgan fingerprint density at radius 1 is 1.00 bits per heavy atom. The molecule has 0 aromatic heterocycles. The molecule has 2 bridgehead atoms. The first-order valence-electron chi connectivity index (χ1n) is 10.8. The van der Waals surface area contributed by atoms with Crippen LogP contribution in [0.1, 0.15) is 35.4 Å². The van der Waals surface area contributed by atoms with E-state index in [-0.39, 0.29) is 47.9 Å². The second-order valence-corrected chi connectivity index (χ2v) is 9.97. The molecule has 0 radical (unpaired) electrons. The van der Waals surface area contributed by atoms with Crippen LogP contribution < -0.4 is 5.32 Å². The zero-order chi connectivity index (χ0) is 21.9. The third kappa shape index (κ3) is 3.23. The van der Waals surface area contributed by atoms with Gasteiger partial charge in [-0.1, -0.05) is 46.3 Å². The molecule has 6 heteroatoms. The second kappa shape index (κ2) is 7.59. The fourth-order valence-corrected chi connectivity index (χ4v) is 6.45. The number of likely N-dealkylation sites (tertiary alicyclic amines) is 1. The zero-order valence-corrected chi connectivity index (χ0v) is 19.2. The SMILES string of the molecule is Cc1c(Br)ccc(NC(=O)CN2C(=O)[C@@H]3[C@@H]4C[C@@H]([C@@H]3C2=O)[C@@H](c2ccccc2)C4)c1C. The molecule has 3 amide bonds. The topological polar surface area (TPSA) is 66.5 Å². The van der Waals surface area contributed by atoms with Crippen molar-refractivity contribution in [2.45, 2.75) is 32.6 Å². The van der Waals surface area contributed by atoms with Crippen molar-refractivity contribution in [3.05, 3.63) is 63.6 Å². The average molecular weight is 481 g/mol. The van der Waals surface area contributed by atoms with Crippen molar-refractivity contribution >= 4 is 39.3 Å². The Bertz CT molecular complexity index is 1080. The van der Waals surface area contributed by atoms with Crippen molar-refractivity contribution in [1.82, 2.24) is 4.90 Å². The van der Waals surface area contributed by atoms with Gasteiger partial charge in [-0.15, -0.1) is 0 Å². The van der Waals surface area contributed by atoms with Crippen molar-refractivity contribution in [2.24, 2.45) is 23.7 Å². The highest BCUT2D eigenvalue weighted by atomic mass is 79.9. The first-order valence-corrected chi connectivity index (χ1v) is 11.6. The molecule has 0 unspecified atom stereocenters. The molecule has 1 heterocycles. The monoisotopic (exact) mass is 480 g/mol. The summed E-state index contributed by atoms with van der Waals surface area (Å²) in [7, 11) is 0. The van der Waals surface area contributed by atoms with Gasteiger partial charge in [0.25, 0.3) is 0 Å². The van der Waals surface area contributed by atoms with Crippen LogP contribution in [0.2, 0.25) is 0 Å². The molecule has 2 aromatic rings. The van der Waals surface area contributed by atoms with Crippen molar-refractivity contribution in [1.29, 1.82) is 0 Å². The molecule has 1 N–H and O–H groups in total. The summed E-state index contributed by atoms with van der Waals surface area (Å²) in [5.41, 5.74) is 3.96. The van der Waals surface area contributed by atoms with Gasteiger partial charge in [0.15, 0.2) is 0 Å². The van der Waals surface area contributed by atoms with Gasteiger partial charge in [0.1, 0.15) is 6.54 Å². The van der Waals surface area contributed by atoms with Crippen LogP contribution in [-0.4, -0.2) is 29.2 Å².